The molecular formula is C13H26N2O2. The van der Waals surface area contributed by atoms with E-state index in [0.717, 1.165) is 12.8 Å². The fourth-order valence-corrected chi connectivity index (χ4v) is 1.32. The van der Waals surface area contributed by atoms with Crippen molar-refractivity contribution in [1.82, 2.24) is 10.2 Å². The Hall–Kier alpha value is -1.06. The minimum atomic E-state index is -0.406. The Kier molecular flexibility index (Phi) is 6.21. The van der Waals surface area contributed by atoms with Gasteiger partial charge in [-0.15, -0.1) is 0 Å². The molecule has 0 aromatic heterocycles. The van der Waals surface area contributed by atoms with Gasteiger partial charge in [0.05, 0.1) is 6.54 Å². The van der Waals surface area contributed by atoms with Gasteiger partial charge >= 0.3 is 0 Å². The summed E-state index contributed by atoms with van der Waals surface area (Å²) < 4.78 is 0. The average Bonchev–Trinajstić information content (AvgIpc) is 2.22. The van der Waals surface area contributed by atoms with Gasteiger partial charge in [0.2, 0.25) is 11.8 Å². The lowest BCUT2D eigenvalue weighted by atomic mass is 9.84. The fraction of sp³-hybridized carbons (Fsp3) is 0.846. The summed E-state index contributed by atoms with van der Waals surface area (Å²) in [5.41, 5.74) is -0.406. The second-order valence-electron chi connectivity index (χ2n) is 5.79. The van der Waals surface area contributed by atoms with Crippen molar-refractivity contribution in [1.29, 1.82) is 0 Å². The fourth-order valence-electron chi connectivity index (χ4n) is 1.32. The van der Waals surface area contributed by atoms with Crippen LogP contribution in [0.5, 0.6) is 0 Å². The van der Waals surface area contributed by atoms with Gasteiger partial charge in [0.25, 0.3) is 0 Å². The highest BCUT2D eigenvalue weighted by molar-refractivity contribution is 5.87. The van der Waals surface area contributed by atoms with Crippen LogP contribution in [0.25, 0.3) is 0 Å². The number of amides is 2. The number of hydrogen-bond donors (Lipinski definition) is 1. The zero-order valence-corrected chi connectivity index (χ0v) is 12.0. The molecule has 0 aliphatic carbocycles. The van der Waals surface area contributed by atoms with Gasteiger partial charge in [0.1, 0.15) is 0 Å². The van der Waals surface area contributed by atoms with E-state index >= 15 is 0 Å². The Balaban J connectivity index is 4.16. The van der Waals surface area contributed by atoms with Gasteiger partial charge in [0.15, 0.2) is 0 Å². The maximum absolute atomic E-state index is 11.9. The van der Waals surface area contributed by atoms with Crippen molar-refractivity contribution in [2.24, 2.45) is 11.3 Å². The molecular weight excluding hydrogens is 216 g/mol. The Labute approximate surface area is 105 Å². The highest BCUT2D eigenvalue weighted by Gasteiger charge is 2.27. The first-order valence-electron chi connectivity index (χ1n) is 6.15. The van der Waals surface area contributed by atoms with Crippen molar-refractivity contribution in [3.05, 3.63) is 0 Å². The summed E-state index contributed by atoms with van der Waals surface area (Å²) in [5, 5.41) is 2.70. The van der Waals surface area contributed by atoms with E-state index in [4.69, 9.17) is 0 Å². The van der Waals surface area contributed by atoms with Gasteiger partial charge in [-0.05, 0) is 18.8 Å². The van der Waals surface area contributed by atoms with Gasteiger partial charge in [-0.3, -0.25) is 9.59 Å². The number of nitrogens with one attached hydrogen (secondary N) is 1. The maximum Gasteiger partial charge on any atom is 0.241 e. The van der Waals surface area contributed by atoms with Crippen LogP contribution < -0.4 is 5.32 Å². The highest BCUT2D eigenvalue weighted by Crippen LogP contribution is 2.24. The van der Waals surface area contributed by atoms with E-state index in [1.807, 2.05) is 13.8 Å². The van der Waals surface area contributed by atoms with Gasteiger partial charge in [0, 0.05) is 19.5 Å². The third-order valence-corrected chi connectivity index (χ3v) is 2.86. The summed E-state index contributed by atoms with van der Waals surface area (Å²) in [7, 11) is 3.36. The minimum Gasteiger partial charge on any atom is -0.347 e. The third kappa shape index (κ3) is 6.29. The number of hydrogen-bond acceptors (Lipinski definition) is 2. The Morgan fingerprint density at radius 1 is 1.24 bits per heavy atom. The zero-order chi connectivity index (χ0) is 13.6. The van der Waals surface area contributed by atoms with E-state index in [-0.39, 0.29) is 18.4 Å². The normalized spacial score (nSPS) is 11.5. The van der Waals surface area contributed by atoms with E-state index in [0.29, 0.717) is 5.92 Å². The molecule has 1 N–H and O–H groups in total. The average molecular weight is 242 g/mol. The van der Waals surface area contributed by atoms with E-state index < -0.39 is 5.41 Å². The molecule has 2 amide bonds. The molecule has 100 valence electrons. The van der Waals surface area contributed by atoms with Crippen LogP contribution in [0.1, 0.15) is 40.5 Å². The molecule has 4 heteroatoms. The van der Waals surface area contributed by atoms with Crippen molar-refractivity contribution >= 4 is 11.8 Å². The van der Waals surface area contributed by atoms with Crippen molar-refractivity contribution in [2.75, 3.05) is 20.6 Å². The molecule has 0 radical (unpaired) electrons. The summed E-state index contributed by atoms with van der Waals surface area (Å²) in [6, 6.07) is 0. The van der Waals surface area contributed by atoms with Crippen molar-refractivity contribution in [3.8, 4) is 0 Å². The van der Waals surface area contributed by atoms with Crippen molar-refractivity contribution < 1.29 is 9.59 Å². The van der Waals surface area contributed by atoms with Crippen LogP contribution in [0.2, 0.25) is 0 Å². The lowest BCUT2D eigenvalue weighted by molar-refractivity contribution is -0.134. The molecule has 0 heterocycles. The molecule has 0 aliphatic heterocycles. The predicted molar refractivity (Wildman–Crippen MR) is 69.6 cm³/mol. The summed E-state index contributed by atoms with van der Waals surface area (Å²) in [6.45, 7) is 8.21. The molecule has 0 aliphatic rings. The molecule has 17 heavy (non-hydrogen) atoms. The van der Waals surface area contributed by atoms with Crippen LogP contribution in [-0.4, -0.2) is 37.4 Å². The third-order valence-electron chi connectivity index (χ3n) is 2.86. The molecule has 0 rings (SSSR count). The Bertz CT molecular complexity index is 271. The van der Waals surface area contributed by atoms with Crippen LogP contribution in [-0.2, 0) is 9.59 Å². The van der Waals surface area contributed by atoms with Crippen LogP contribution in [0.3, 0.4) is 0 Å². The predicted octanol–water partition coefficient (Wildman–Crippen LogP) is 1.65. The number of carbonyl (C=O) groups excluding carboxylic acids is 2. The lowest BCUT2D eigenvalue weighted by Gasteiger charge is -2.24. The summed E-state index contributed by atoms with van der Waals surface area (Å²) in [5.74, 6) is 0.455. The molecule has 0 atom stereocenters. The molecule has 4 nitrogen and oxygen atoms in total. The lowest BCUT2D eigenvalue weighted by Crippen LogP contribution is -2.42. The molecule has 0 aromatic carbocycles. The number of likely N-dealkylation sites (N-methyl/N-ethyl adjacent to an activating group) is 1. The number of rotatable bonds is 6. The van der Waals surface area contributed by atoms with E-state index in [2.05, 4.69) is 19.2 Å². The molecule has 0 aromatic rings. The molecule has 0 fully saturated rings. The molecule has 0 spiro atoms. The van der Waals surface area contributed by atoms with E-state index in [1.165, 1.54) is 4.90 Å². The summed E-state index contributed by atoms with van der Waals surface area (Å²) >= 11 is 0. The first-order valence-corrected chi connectivity index (χ1v) is 6.15. The van der Waals surface area contributed by atoms with E-state index in [1.54, 1.807) is 14.1 Å². The smallest absolute Gasteiger partial charge is 0.241 e. The standard InChI is InChI=1S/C13H26N2O2/c1-10(2)7-8-13(3,4)12(17)14-9-11(16)15(5)6/h10H,7-9H2,1-6H3,(H,14,17). The molecule has 0 unspecified atom stereocenters. The van der Waals surface area contributed by atoms with Crippen LogP contribution >= 0.6 is 0 Å². The largest absolute Gasteiger partial charge is 0.347 e. The Morgan fingerprint density at radius 3 is 2.18 bits per heavy atom. The minimum absolute atomic E-state index is 0.0478. The van der Waals surface area contributed by atoms with Gasteiger partial charge in [-0.1, -0.05) is 27.7 Å². The maximum atomic E-state index is 11.9. The van der Waals surface area contributed by atoms with Crippen LogP contribution in [0.4, 0.5) is 0 Å². The topological polar surface area (TPSA) is 49.4 Å². The first-order chi connectivity index (χ1) is 7.66. The van der Waals surface area contributed by atoms with Gasteiger partial charge < -0.3 is 10.2 Å². The second kappa shape index (κ2) is 6.62. The number of carbonyl (C=O) groups is 2. The first kappa shape index (κ1) is 15.9. The molecule has 0 bridgehead atoms. The van der Waals surface area contributed by atoms with Crippen LogP contribution in [0.15, 0.2) is 0 Å². The second-order valence-corrected chi connectivity index (χ2v) is 5.79. The summed E-state index contributed by atoms with van der Waals surface area (Å²) in [6.07, 6.45) is 1.86. The highest BCUT2D eigenvalue weighted by atomic mass is 16.2. The van der Waals surface area contributed by atoms with Gasteiger partial charge in [-0.2, -0.15) is 0 Å². The van der Waals surface area contributed by atoms with Gasteiger partial charge in [-0.25, -0.2) is 0 Å². The molecule has 0 saturated carbocycles. The van der Waals surface area contributed by atoms with Crippen molar-refractivity contribution in [2.45, 2.75) is 40.5 Å². The molecule has 0 saturated heterocycles. The Morgan fingerprint density at radius 2 is 1.76 bits per heavy atom. The monoisotopic (exact) mass is 242 g/mol. The summed E-state index contributed by atoms with van der Waals surface area (Å²) in [4.78, 5) is 24.7. The number of nitrogens with zero attached hydrogens (tertiary/aromatic N) is 1. The van der Waals surface area contributed by atoms with Crippen LogP contribution in [0, 0.1) is 11.3 Å². The SMILES string of the molecule is CC(C)CCC(C)(C)C(=O)NCC(=O)N(C)C. The van der Waals surface area contributed by atoms with E-state index in [9.17, 15) is 9.59 Å². The zero-order valence-electron chi connectivity index (χ0n) is 12.0. The quantitative estimate of drug-likeness (QED) is 0.770. The van der Waals surface area contributed by atoms with Crippen molar-refractivity contribution in [3.63, 3.8) is 0 Å².